The molecule has 1 aromatic rings. The van der Waals surface area contributed by atoms with E-state index in [1.165, 1.54) is 0 Å². The number of hydrogen-bond acceptors (Lipinski definition) is 4. The molecule has 1 rings (SSSR count). The molecule has 1 amide bonds. The maximum atomic E-state index is 12.0. The smallest absolute Gasteiger partial charge is 0.224 e. The summed E-state index contributed by atoms with van der Waals surface area (Å²) >= 11 is 0. The number of rotatable bonds is 7. The van der Waals surface area contributed by atoms with Gasteiger partial charge in [0, 0.05) is 31.1 Å². The maximum Gasteiger partial charge on any atom is 0.224 e. The lowest BCUT2D eigenvalue weighted by Gasteiger charge is -2.23. The Labute approximate surface area is 114 Å². The van der Waals surface area contributed by atoms with Crippen LogP contribution in [-0.2, 0) is 11.3 Å². The summed E-state index contributed by atoms with van der Waals surface area (Å²) in [5, 5.41) is 9.07. The minimum absolute atomic E-state index is 0.0602. The number of ether oxygens (including phenoxy) is 1. The Bertz CT molecular complexity index is 407. The van der Waals surface area contributed by atoms with E-state index in [0.29, 0.717) is 13.1 Å². The van der Waals surface area contributed by atoms with Crippen LogP contribution in [0.2, 0.25) is 0 Å². The van der Waals surface area contributed by atoms with Gasteiger partial charge in [0.1, 0.15) is 5.75 Å². The average molecular weight is 266 g/mol. The lowest BCUT2D eigenvalue weighted by molar-refractivity contribution is -0.132. The third-order valence-electron chi connectivity index (χ3n) is 2.77. The molecule has 0 saturated carbocycles. The molecule has 5 nitrogen and oxygen atoms in total. The third kappa shape index (κ3) is 4.89. The van der Waals surface area contributed by atoms with Crippen LogP contribution in [0.1, 0.15) is 18.9 Å². The summed E-state index contributed by atoms with van der Waals surface area (Å²) in [7, 11) is 1.60. The second-order valence-electron chi connectivity index (χ2n) is 4.53. The highest BCUT2D eigenvalue weighted by Gasteiger charge is 2.16. The zero-order valence-corrected chi connectivity index (χ0v) is 11.5. The van der Waals surface area contributed by atoms with Gasteiger partial charge < -0.3 is 20.5 Å². The molecule has 0 spiro atoms. The fraction of sp³-hybridized carbons (Fsp3) is 0.500. The van der Waals surface area contributed by atoms with Crippen LogP contribution >= 0.6 is 0 Å². The Balaban J connectivity index is 2.80. The molecule has 1 aromatic carbocycles. The molecule has 0 radical (unpaired) electrons. The normalized spacial score (nSPS) is 12.0. The van der Waals surface area contributed by atoms with Gasteiger partial charge in [-0.15, -0.1) is 0 Å². The highest BCUT2D eigenvalue weighted by Crippen LogP contribution is 2.19. The number of nitrogens with zero attached hydrogens (tertiary/aromatic N) is 1. The predicted octanol–water partition coefficient (Wildman–Crippen LogP) is 0.753. The van der Waals surface area contributed by atoms with Gasteiger partial charge in [0.2, 0.25) is 5.91 Å². The number of benzene rings is 1. The number of methoxy groups -OCH3 is 1. The Kier molecular flexibility index (Phi) is 6.32. The van der Waals surface area contributed by atoms with E-state index in [0.717, 1.165) is 11.3 Å². The molecular weight excluding hydrogens is 244 g/mol. The zero-order chi connectivity index (χ0) is 14.3. The van der Waals surface area contributed by atoms with E-state index >= 15 is 0 Å². The van der Waals surface area contributed by atoms with E-state index in [9.17, 15) is 4.79 Å². The monoisotopic (exact) mass is 266 g/mol. The summed E-state index contributed by atoms with van der Waals surface area (Å²) in [5.74, 6) is 0.675. The van der Waals surface area contributed by atoms with Gasteiger partial charge >= 0.3 is 0 Å². The molecular formula is C14H22N2O3. The Morgan fingerprint density at radius 3 is 2.74 bits per heavy atom. The molecule has 1 unspecified atom stereocenters. The van der Waals surface area contributed by atoms with Gasteiger partial charge in [0.15, 0.2) is 0 Å². The summed E-state index contributed by atoms with van der Waals surface area (Å²) in [5.41, 5.74) is 6.56. The number of aliphatic hydroxyl groups excluding tert-OH is 1. The van der Waals surface area contributed by atoms with E-state index < -0.39 is 0 Å². The number of carbonyl (C=O) groups is 1. The number of amides is 1. The van der Waals surface area contributed by atoms with E-state index in [2.05, 4.69) is 0 Å². The number of hydrogen-bond donors (Lipinski definition) is 2. The lowest BCUT2D eigenvalue weighted by Crippen LogP contribution is -2.36. The van der Waals surface area contributed by atoms with Gasteiger partial charge in [0.25, 0.3) is 0 Å². The fourth-order valence-electron chi connectivity index (χ4n) is 1.86. The summed E-state index contributed by atoms with van der Waals surface area (Å²) < 4.78 is 5.26. The van der Waals surface area contributed by atoms with Crippen LogP contribution in [0.5, 0.6) is 5.75 Å². The minimum atomic E-state index is -0.189. The first-order chi connectivity index (χ1) is 9.08. The van der Waals surface area contributed by atoms with Gasteiger partial charge in [0.05, 0.1) is 13.7 Å². The summed E-state index contributed by atoms with van der Waals surface area (Å²) in [6, 6.07) is 7.34. The Morgan fingerprint density at radius 2 is 2.16 bits per heavy atom. The zero-order valence-electron chi connectivity index (χ0n) is 11.5. The van der Waals surface area contributed by atoms with Crippen molar-refractivity contribution >= 4 is 5.91 Å². The molecule has 19 heavy (non-hydrogen) atoms. The van der Waals surface area contributed by atoms with Crippen LogP contribution in [0.3, 0.4) is 0 Å². The van der Waals surface area contributed by atoms with Gasteiger partial charge in [-0.1, -0.05) is 18.2 Å². The topological polar surface area (TPSA) is 75.8 Å². The van der Waals surface area contributed by atoms with E-state index in [4.69, 9.17) is 15.6 Å². The number of para-hydroxylation sites is 1. The van der Waals surface area contributed by atoms with Crippen LogP contribution in [0.15, 0.2) is 24.3 Å². The van der Waals surface area contributed by atoms with Crippen LogP contribution in [-0.4, -0.2) is 42.2 Å². The largest absolute Gasteiger partial charge is 0.496 e. The standard InChI is InChI=1S/C14H22N2O3/c1-11(15)9-14(18)16(7-8-17)10-12-5-3-4-6-13(12)19-2/h3-6,11,17H,7-10,15H2,1-2H3. The summed E-state index contributed by atoms with van der Waals surface area (Å²) in [6.45, 7) is 2.43. The summed E-state index contributed by atoms with van der Waals surface area (Å²) in [6.07, 6.45) is 0.273. The van der Waals surface area contributed by atoms with E-state index in [-0.39, 0.29) is 25.0 Å². The third-order valence-corrected chi connectivity index (χ3v) is 2.77. The van der Waals surface area contributed by atoms with Crippen molar-refractivity contribution in [3.63, 3.8) is 0 Å². The van der Waals surface area contributed by atoms with Crippen molar-refractivity contribution < 1.29 is 14.6 Å². The Morgan fingerprint density at radius 1 is 1.47 bits per heavy atom. The molecule has 0 bridgehead atoms. The number of nitrogens with two attached hydrogens (primary N) is 1. The van der Waals surface area contributed by atoms with E-state index in [1.54, 1.807) is 18.9 Å². The van der Waals surface area contributed by atoms with Gasteiger partial charge in [-0.3, -0.25) is 4.79 Å². The van der Waals surface area contributed by atoms with Crippen molar-refractivity contribution in [1.29, 1.82) is 0 Å². The summed E-state index contributed by atoms with van der Waals surface area (Å²) in [4.78, 5) is 13.6. The maximum absolute atomic E-state index is 12.0. The molecule has 0 saturated heterocycles. The predicted molar refractivity (Wildman–Crippen MR) is 73.8 cm³/mol. The first-order valence-corrected chi connectivity index (χ1v) is 6.34. The van der Waals surface area contributed by atoms with Crippen molar-refractivity contribution in [2.24, 2.45) is 5.73 Å². The van der Waals surface area contributed by atoms with Gasteiger partial charge in [-0.05, 0) is 13.0 Å². The second-order valence-corrected chi connectivity index (χ2v) is 4.53. The minimum Gasteiger partial charge on any atom is -0.496 e. The second kappa shape index (κ2) is 7.76. The first kappa shape index (κ1) is 15.5. The molecule has 0 aliphatic rings. The van der Waals surface area contributed by atoms with Crippen molar-refractivity contribution in [3.05, 3.63) is 29.8 Å². The van der Waals surface area contributed by atoms with Crippen molar-refractivity contribution in [2.45, 2.75) is 25.9 Å². The number of aliphatic hydroxyl groups is 1. The number of carbonyl (C=O) groups excluding carboxylic acids is 1. The Hall–Kier alpha value is -1.59. The van der Waals surface area contributed by atoms with E-state index in [1.807, 2.05) is 24.3 Å². The van der Waals surface area contributed by atoms with Crippen molar-refractivity contribution in [2.75, 3.05) is 20.3 Å². The SMILES string of the molecule is COc1ccccc1CN(CCO)C(=O)CC(C)N. The van der Waals surface area contributed by atoms with Crippen LogP contribution in [0.4, 0.5) is 0 Å². The van der Waals surface area contributed by atoms with Crippen LogP contribution in [0.25, 0.3) is 0 Å². The lowest BCUT2D eigenvalue weighted by atomic mass is 10.1. The van der Waals surface area contributed by atoms with Gasteiger partial charge in [-0.2, -0.15) is 0 Å². The van der Waals surface area contributed by atoms with Crippen molar-refractivity contribution in [1.82, 2.24) is 4.90 Å². The molecule has 1 atom stereocenters. The molecule has 106 valence electrons. The van der Waals surface area contributed by atoms with Gasteiger partial charge in [-0.25, -0.2) is 0 Å². The molecule has 0 aromatic heterocycles. The quantitative estimate of drug-likeness (QED) is 0.763. The van der Waals surface area contributed by atoms with Crippen LogP contribution < -0.4 is 10.5 Å². The van der Waals surface area contributed by atoms with Crippen LogP contribution in [0, 0.1) is 0 Å². The first-order valence-electron chi connectivity index (χ1n) is 6.34. The average Bonchev–Trinajstić information content (AvgIpc) is 2.38. The fourth-order valence-corrected chi connectivity index (χ4v) is 1.86. The molecule has 0 aliphatic heterocycles. The highest BCUT2D eigenvalue weighted by atomic mass is 16.5. The molecule has 5 heteroatoms. The molecule has 0 fully saturated rings. The molecule has 0 aliphatic carbocycles. The molecule has 0 heterocycles. The highest BCUT2D eigenvalue weighted by molar-refractivity contribution is 5.76. The van der Waals surface area contributed by atoms with Crippen molar-refractivity contribution in [3.8, 4) is 5.75 Å². The molecule has 3 N–H and O–H groups in total.